The van der Waals surface area contributed by atoms with Crippen molar-refractivity contribution in [3.05, 3.63) is 0 Å². The number of hydrogen-bond donors (Lipinski definition) is 1. The van der Waals surface area contributed by atoms with Crippen LogP contribution < -0.4 is 5.32 Å². The minimum absolute atomic E-state index is 0.715. The zero-order valence-corrected chi connectivity index (χ0v) is 11.9. The number of nitrogens with one attached hydrogen (secondary N) is 1. The van der Waals surface area contributed by atoms with Crippen molar-refractivity contribution in [1.29, 1.82) is 0 Å². The normalized spacial score (nSPS) is 25.4. The van der Waals surface area contributed by atoms with E-state index < -0.39 is 0 Å². The van der Waals surface area contributed by atoms with E-state index in [1.807, 2.05) is 6.92 Å². The lowest BCUT2D eigenvalue weighted by Gasteiger charge is -2.24. The summed E-state index contributed by atoms with van der Waals surface area (Å²) < 4.78 is 0. The Morgan fingerprint density at radius 2 is 2.12 bits per heavy atom. The van der Waals surface area contributed by atoms with E-state index in [2.05, 4.69) is 31.0 Å². The maximum absolute atomic E-state index is 3.75. The largest absolute Gasteiger partial charge is 0.314 e. The first kappa shape index (κ1) is 14.6. The molecule has 3 atom stereocenters. The molecular weight excluding hydrogens is 206 g/mol. The minimum atomic E-state index is 0.715. The highest BCUT2D eigenvalue weighted by Gasteiger charge is 2.29. The fourth-order valence-electron chi connectivity index (χ4n) is 3.04. The summed E-state index contributed by atoms with van der Waals surface area (Å²) in [6, 6.07) is 0.715. The third-order valence-corrected chi connectivity index (χ3v) is 4.14. The summed E-state index contributed by atoms with van der Waals surface area (Å²) in [5.74, 6) is 8.12. The van der Waals surface area contributed by atoms with Crippen LogP contribution in [0.5, 0.6) is 0 Å². The molecule has 1 aliphatic rings. The zero-order valence-electron chi connectivity index (χ0n) is 11.9. The fourth-order valence-corrected chi connectivity index (χ4v) is 3.04. The summed E-state index contributed by atoms with van der Waals surface area (Å²) in [4.78, 5) is 0. The van der Waals surface area contributed by atoms with Gasteiger partial charge in [-0.1, -0.05) is 26.7 Å². The molecule has 98 valence electrons. The van der Waals surface area contributed by atoms with E-state index in [1.165, 1.54) is 38.5 Å². The average Bonchev–Trinajstić information content (AvgIpc) is 2.82. The van der Waals surface area contributed by atoms with Gasteiger partial charge in [0, 0.05) is 12.5 Å². The Hall–Kier alpha value is -0.480. The summed E-state index contributed by atoms with van der Waals surface area (Å²) >= 11 is 0. The van der Waals surface area contributed by atoms with Crippen LogP contribution in [-0.2, 0) is 0 Å². The molecule has 0 aromatic carbocycles. The molecule has 0 heterocycles. The maximum atomic E-state index is 3.75. The molecule has 0 amide bonds. The van der Waals surface area contributed by atoms with E-state index in [4.69, 9.17) is 0 Å². The van der Waals surface area contributed by atoms with Gasteiger partial charge in [0.1, 0.15) is 0 Å². The van der Waals surface area contributed by atoms with Crippen molar-refractivity contribution >= 4 is 0 Å². The van der Waals surface area contributed by atoms with E-state index in [0.717, 1.165) is 24.8 Å². The van der Waals surface area contributed by atoms with Crippen molar-refractivity contribution in [3.63, 3.8) is 0 Å². The van der Waals surface area contributed by atoms with Crippen LogP contribution in [0.15, 0.2) is 0 Å². The molecule has 1 N–H and O–H groups in total. The monoisotopic (exact) mass is 235 g/mol. The number of rotatable bonds is 7. The molecular formula is C16H29N. The summed E-state index contributed by atoms with van der Waals surface area (Å²) in [5.41, 5.74) is 0. The van der Waals surface area contributed by atoms with Gasteiger partial charge in [0.2, 0.25) is 0 Å². The summed E-state index contributed by atoms with van der Waals surface area (Å²) in [6.45, 7) is 7.69. The van der Waals surface area contributed by atoms with Gasteiger partial charge in [-0.25, -0.2) is 0 Å². The quantitative estimate of drug-likeness (QED) is 0.658. The lowest BCUT2D eigenvalue weighted by Crippen LogP contribution is -2.35. The summed E-state index contributed by atoms with van der Waals surface area (Å²) in [5, 5.41) is 3.75. The minimum Gasteiger partial charge on any atom is -0.314 e. The average molecular weight is 235 g/mol. The second-order valence-corrected chi connectivity index (χ2v) is 5.37. The summed E-state index contributed by atoms with van der Waals surface area (Å²) in [6.07, 6.45) is 9.22. The van der Waals surface area contributed by atoms with Crippen LogP contribution in [0.1, 0.15) is 65.7 Å². The van der Waals surface area contributed by atoms with Gasteiger partial charge in [-0.2, -0.15) is 0 Å². The lowest BCUT2D eigenvalue weighted by molar-refractivity contribution is 0.332. The van der Waals surface area contributed by atoms with Crippen molar-refractivity contribution in [2.75, 3.05) is 6.54 Å². The molecule has 1 saturated carbocycles. The summed E-state index contributed by atoms with van der Waals surface area (Å²) in [7, 11) is 0. The van der Waals surface area contributed by atoms with Gasteiger partial charge in [-0.15, -0.1) is 11.8 Å². The van der Waals surface area contributed by atoms with Gasteiger partial charge in [0.25, 0.3) is 0 Å². The van der Waals surface area contributed by atoms with Crippen molar-refractivity contribution in [2.45, 2.75) is 71.8 Å². The molecule has 0 bridgehead atoms. The third kappa shape index (κ3) is 5.13. The highest BCUT2D eigenvalue weighted by Crippen LogP contribution is 2.35. The third-order valence-electron chi connectivity index (χ3n) is 4.14. The van der Waals surface area contributed by atoms with Crippen molar-refractivity contribution in [2.24, 2.45) is 11.8 Å². The van der Waals surface area contributed by atoms with Crippen molar-refractivity contribution in [3.8, 4) is 11.8 Å². The standard InChI is InChI=1S/C16H29N/c1-4-7-8-9-16(17-12-5-2)15-11-10-14(6-3)13-15/h14-17H,5-6,8-13H2,1-3H3. The second-order valence-electron chi connectivity index (χ2n) is 5.37. The Labute approximate surface area is 108 Å². The van der Waals surface area contributed by atoms with Crippen LogP contribution >= 0.6 is 0 Å². The van der Waals surface area contributed by atoms with Crippen LogP contribution in [0, 0.1) is 23.7 Å². The van der Waals surface area contributed by atoms with E-state index in [1.54, 1.807) is 0 Å². The van der Waals surface area contributed by atoms with Crippen LogP contribution in [0.4, 0.5) is 0 Å². The molecule has 1 heteroatoms. The molecule has 1 fully saturated rings. The fraction of sp³-hybridized carbons (Fsp3) is 0.875. The molecule has 0 aliphatic heterocycles. The molecule has 17 heavy (non-hydrogen) atoms. The van der Waals surface area contributed by atoms with Gasteiger partial charge in [0.05, 0.1) is 0 Å². The van der Waals surface area contributed by atoms with Crippen LogP contribution in [-0.4, -0.2) is 12.6 Å². The van der Waals surface area contributed by atoms with Crippen LogP contribution in [0.2, 0.25) is 0 Å². The zero-order chi connectivity index (χ0) is 12.5. The van der Waals surface area contributed by atoms with Crippen molar-refractivity contribution < 1.29 is 0 Å². The molecule has 1 aliphatic carbocycles. The Morgan fingerprint density at radius 3 is 2.71 bits per heavy atom. The molecule has 0 radical (unpaired) electrons. The number of hydrogen-bond acceptors (Lipinski definition) is 1. The first-order valence-corrected chi connectivity index (χ1v) is 7.44. The van der Waals surface area contributed by atoms with Gasteiger partial charge in [-0.05, 0) is 51.0 Å². The lowest BCUT2D eigenvalue weighted by atomic mass is 9.92. The smallest absolute Gasteiger partial charge is 0.0104 e. The van der Waals surface area contributed by atoms with Crippen molar-refractivity contribution in [1.82, 2.24) is 5.32 Å². The molecule has 1 nitrogen and oxygen atoms in total. The Balaban J connectivity index is 2.40. The molecule has 0 aromatic heterocycles. The molecule has 0 saturated heterocycles. The second kappa shape index (κ2) is 8.59. The molecule has 0 spiro atoms. The van der Waals surface area contributed by atoms with Gasteiger partial charge in [0.15, 0.2) is 0 Å². The highest BCUT2D eigenvalue weighted by molar-refractivity contribution is 4.96. The molecule has 1 rings (SSSR count). The first-order chi connectivity index (χ1) is 8.31. The van der Waals surface area contributed by atoms with Gasteiger partial charge in [-0.3, -0.25) is 0 Å². The predicted molar refractivity (Wildman–Crippen MR) is 75.9 cm³/mol. The Bertz CT molecular complexity index is 248. The predicted octanol–water partition coefficient (Wildman–Crippen LogP) is 3.98. The topological polar surface area (TPSA) is 12.0 Å². The highest BCUT2D eigenvalue weighted by atomic mass is 14.9. The Morgan fingerprint density at radius 1 is 1.29 bits per heavy atom. The first-order valence-electron chi connectivity index (χ1n) is 7.44. The Kier molecular flexibility index (Phi) is 7.37. The van der Waals surface area contributed by atoms with Gasteiger partial charge >= 0.3 is 0 Å². The van der Waals surface area contributed by atoms with E-state index >= 15 is 0 Å². The van der Waals surface area contributed by atoms with E-state index in [9.17, 15) is 0 Å². The van der Waals surface area contributed by atoms with E-state index in [0.29, 0.717) is 6.04 Å². The van der Waals surface area contributed by atoms with Crippen LogP contribution in [0.3, 0.4) is 0 Å². The SMILES string of the molecule is CC#CCCC(NCCC)C1CCC(CC)C1. The maximum Gasteiger partial charge on any atom is 0.0104 e. The van der Waals surface area contributed by atoms with Gasteiger partial charge < -0.3 is 5.32 Å². The molecule has 3 unspecified atom stereocenters. The van der Waals surface area contributed by atoms with E-state index in [-0.39, 0.29) is 0 Å². The van der Waals surface area contributed by atoms with Crippen LogP contribution in [0.25, 0.3) is 0 Å². The molecule has 0 aromatic rings.